The summed E-state index contributed by atoms with van der Waals surface area (Å²) in [4.78, 5) is 34.9. The molecule has 2 amide bonds. The van der Waals surface area contributed by atoms with Crippen molar-refractivity contribution in [2.75, 3.05) is 18.0 Å². The number of hydrogen-bond acceptors (Lipinski definition) is 7. The van der Waals surface area contributed by atoms with Crippen molar-refractivity contribution < 1.29 is 9.59 Å². The van der Waals surface area contributed by atoms with Gasteiger partial charge in [-0.1, -0.05) is 12.8 Å². The molecule has 5 aliphatic rings. The smallest absolute Gasteiger partial charge is 0.233 e. The van der Waals surface area contributed by atoms with E-state index in [1.54, 1.807) is 11.3 Å². The molecule has 8 heteroatoms. The van der Waals surface area contributed by atoms with Crippen LogP contribution in [0.5, 0.6) is 0 Å². The van der Waals surface area contributed by atoms with Crippen LogP contribution in [0.1, 0.15) is 60.9 Å². The van der Waals surface area contributed by atoms with Gasteiger partial charge in [0.15, 0.2) is 0 Å². The highest BCUT2D eigenvalue weighted by Crippen LogP contribution is 2.49. The summed E-state index contributed by atoms with van der Waals surface area (Å²) in [5, 5.41) is 13.8. The molecule has 4 fully saturated rings. The minimum absolute atomic E-state index is 0.0210. The van der Waals surface area contributed by atoms with Crippen molar-refractivity contribution in [2.45, 2.75) is 69.5 Å². The lowest BCUT2D eigenvalue weighted by Gasteiger charge is -2.38. The van der Waals surface area contributed by atoms with Crippen LogP contribution in [0.3, 0.4) is 0 Å². The number of piperidine rings is 1. The van der Waals surface area contributed by atoms with E-state index in [9.17, 15) is 14.9 Å². The fourth-order valence-electron chi connectivity index (χ4n) is 7.83. The number of nitriles is 1. The zero-order valence-electron chi connectivity index (χ0n) is 21.9. The Bertz CT molecular complexity index is 1560. The van der Waals surface area contributed by atoms with Gasteiger partial charge in [0.05, 0.1) is 40.2 Å². The van der Waals surface area contributed by atoms with Crippen molar-refractivity contribution in [3.8, 4) is 17.2 Å². The van der Waals surface area contributed by atoms with E-state index in [1.807, 2.05) is 12.3 Å². The van der Waals surface area contributed by atoms with E-state index in [1.165, 1.54) is 48.3 Å². The van der Waals surface area contributed by atoms with Gasteiger partial charge >= 0.3 is 0 Å². The first-order valence-electron chi connectivity index (χ1n) is 14.4. The second kappa shape index (κ2) is 8.61. The van der Waals surface area contributed by atoms with Gasteiger partial charge in [0, 0.05) is 52.6 Å². The summed E-state index contributed by atoms with van der Waals surface area (Å²) in [5.74, 6) is -0.208. The molecule has 1 spiro atoms. The molecule has 3 aliphatic heterocycles. The molecule has 3 aromatic rings. The van der Waals surface area contributed by atoms with Gasteiger partial charge in [-0.2, -0.15) is 5.26 Å². The monoisotopic (exact) mass is 537 g/mol. The molecule has 2 aromatic heterocycles. The maximum absolute atomic E-state index is 12.6. The van der Waals surface area contributed by atoms with Crippen LogP contribution in [0.4, 0.5) is 5.69 Å². The number of rotatable bonds is 4. The standard InChI is InChI=1S/C31H31N5O2S/c32-15-18-10-19-4-3-9-35(20-14-31(34-16-20)6-1-2-7-31)27(19)23(11-18)22-5-8-33-26-12-21(39-28(22)26)17-36-29(37)24-13-25(24)30(36)38/h5,8,10-12,20,24-25,34H,1-4,6-7,9,13-14,16-17H2. The molecular formula is C31H31N5O2S. The Morgan fingerprint density at radius 2 is 1.92 bits per heavy atom. The number of imide groups is 1. The van der Waals surface area contributed by atoms with E-state index in [0.717, 1.165) is 58.6 Å². The van der Waals surface area contributed by atoms with E-state index < -0.39 is 0 Å². The molecule has 198 valence electrons. The van der Waals surface area contributed by atoms with Gasteiger partial charge in [0.25, 0.3) is 0 Å². The topological polar surface area (TPSA) is 89.3 Å². The number of hydrogen-bond donors (Lipinski definition) is 1. The fraction of sp³-hybridized carbons (Fsp3) is 0.484. The van der Waals surface area contributed by atoms with E-state index in [4.69, 9.17) is 0 Å². The van der Waals surface area contributed by atoms with Crippen molar-refractivity contribution >= 4 is 39.1 Å². The Morgan fingerprint density at radius 3 is 2.72 bits per heavy atom. The molecule has 2 aliphatic carbocycles. The Balaban J connectivity index is 1.20. The number of amides is 2. The minimum atomic E-state index is -0.0831. The van der Waals surface area contributed by atoms with Gasteiger partial charge in [0.2, 0.25) is 11.8 Å². The Kier molecular flexibility index (Phi) is 5.21. The maximum atomic E-state index is 12.6. The van der Waals surface area contributed by atoms with Gasteiger partial charge in [-0.05, 0) is 68.4 Å². The second-order valence-corrected chi connectivity index (χ2v) is 13.3. The number of anilines is 1. The average Bonchev–Trinajstić information content (AvgIpc) is 3.23. The predicted molar refractivity (Wildman–Crippen MR) is 150 cm³/mol. The summed E-state index contributed by atoms with van der Waals surface area (Å²) < 4.78 is 1.05. The predicted octanol–water partition coefficient (Wildman–Crippen LogP) is 4.77. The molecule has 5 heterocycles. The summed E-state index contributed by atoms with van der Waals surface area (Å²) in [6.45, 7) is 2.36. The molecule has 3 atom stereocenters. The van der Waals surface area contributed by atoms with Crippen LogP contribution in [0, 0.1) is 23.2 Å². The summed E-state index contributed by atoms with van der Waals surface area (Å²) in [6.07, 6.45) is 11.0. The Labute approximate surface area is 231 Å². The molecule has 8 rings (SSSR count). The number of nitrogens with zero attached hydrogens (tertiary/aromatic N) is 4. The number of fused-ring (bicyclic) bond motifs is 3. The van der Waals surface area contributed by atoms with Gasteiger partial charge in [0.1, 0.15) is 0 Å². The van der Waals surface area contributed by atoms with E-state index in [2.05, 4.69) is 39.5 Å². The molecule has 3 unspecified atom stereocenters. The largest absolute Gasteiger partial charge is 0.366 e. The Morgan fingerprint density at radius 1 is 1.10 bits per heavy atom. The quantitative estimate of drug-likeness (QED) is 0.483. The molecule has 2 saturated heterocycles. The highest BCUT2D eigenvalue weighted by molar-refractivity contribution is 7.19. The van der Waals surface area contributed by atoms with Gasteiger partial charge in [-0.3, -0.25) is 19.5 Å². The third-order valence-corrected chi connectivity index (χ3v) is 11.0. The molecule has 0 bridgehead atoms. The third kappa shape index (κ3) is 3.66. The number of pyridine rings is 1. The molecule has 39 heavy (non-hydrogen) atoms. The molecule has 0 radical (unpaired) electrons. The van der Waals surface area contributed by atoms with Crippen molar-refractivity contribution in [3.63, 3.8) is 0 Å². The maximum Gasteiger partial charge on any atom is 0.233 e. The number of nitrogens with one attached hydrogen (secondary N) is 1. The van der Waals surface area contributed by atoms with Crippen LogP contribution in [0.15, 0.2) is 30.5 Å². The lowest BCUT2D eigenvalue weighted by Crippen LogP contribution is -2.40. The molecule has 2 saturated carbocycles. The fourth-order valence-corrected chi connectivity index (χ4v) is 8.96. The number of aryl methyl sites for hydroxylation is 1. The van der Waals surface area contributed by atoms with Crippen molar-refractivity contribution in [1.82, 2.24) is 15.2 Å². The molecular weight excluding hydrogens is 506 g/mol. The third-order valence-electron chi connectivity index (χ3n) is 9.81. The SMILES string of the molecule is N#Cc1cc2c(c(-c3ccnc4cc(CN5C(=O)C6CC6C5=O)sc34)c1)N(C1CNC3(CCCC3)C1)CCC2. The zero-order chi connectivity index (χ0) is 26.3. The van der Waals surface area contributed by atoms with Gasteiger partial charge in [-0.25, -0.2) is 0 Å². The zero-order valence-corrected chi connectivity index (χ0v) is 22.7. The number of likely N-dealkylation sites (tertiary alicyclic amines) is 1. The number of thiophene rings is 1. The van der Waals surface area contributed by atoms with Crippen LogP contribution in [0.25, 0.3) is 21.3 Å². The van der Waals surface area contributed by atoms with Crippen molar-refractivity contribution in [1.29, 1.82) is 5.26 Å². The highest BCUT2D eigenvalue weighted by Gasteiger charge is 2.58. The Hall–Kier alpha value is -3.28. The first-order chi connectivity index (χ1) is 19.0. The average molecular weight is 538 g/mol. The molecule has 1 aromatic carbocycles. The second-order valence-electron chi connectivity index (χ2n) is 12.2. The van der Waals surface area contributed by atoms with E-state index in [0.29, 0.717) is 23.7 Å². The normalized spacial score (nSPS) is 26.9. The van der Waals surface area contributed by atoms with Crippen LogP contribution in [-0.4, -0.2) is 46.4 Å². The number of carbonyl (C=O) groups is 2. The first kappa shape index (κ1) is 23.6. The van der Waals surface area contributed by atoms with Crippen LogP contribution in [0.2, 0.25) is 0 Å². The number of carbonyl (C=O) groups excluding carboxylic acids is 2. The molecule has 7 nitrogen and oxygen atoms in total. The lowest BCUT2D eigenvalue weighted by molar-refractivity contribution is -0.141. The molecule has 1 N–H and O–H groups in total. The summed E-state index contributed by atoms with van der Waals surface area (Å²) in [5.41, 5.74) is 6.59. The van der Waals surface area contributed by atoms with Gasteiger partial charge in [-0.15, -0.1) is 11.3 Å². The van der Waals surface area contributed by atoms with Crippen LogP contribution in [-0.2, 0) is 22.6 Å². The summed E-state index contributed by atoms with van der Waals surface area (Å²) >= 11 is 1.62. The highest BCUT2D eigenvalue weighted by atomic mass is 32.1. The lowest BCUT2D eigenvalue weighted by atomic mass is 9.89. The van der Waals surface area contributed by atoms with E-state index >= 15 is 0 Å². The minimum Gasteiger partial charge on any atom is -0.366 e. The van der Waals surface area contributed by atoms with E-state index in [-0.39, 0.29) is 23.7 Å². The van der Waals surface area contributed by atoms with Crippen molar-refractivity contribution in [3.05, 3.63) is 46.5 Å². The summed E-state index contributed by atoms with van der Waals surface area (Å²) in [6, 6.07) is 11.1. The number of aromatic nitrogens is 1. The van der Waals surface area contributed by atoms with Crippen LogP contribution >= 0.6 is 11.3 Å². The number of benzene rings is 1. The summed E-state index contributed by atoms with van der Waals surface area (Å²) in [7, 11) is 0. The van der Waals surface area contributed by atoms with Gasteiger partial charge < -0.3 is 10.2 Å². The van der Waals surface area contributed by atoms with Crippen molar-refractivity contribution in [2.24, 2.45) is 11.8 Å². The van der Waals surface area contributed by atoms with Crippen LogP contribution < -0.4 is 10.2 Å². The first-order valence-corrected chi connectivity index (χ1v) is 15.2.